The first-order valence-electron chi connectivity index (χ1n) is 6.87. The SMILES string of the molecule is CCOc1ccc(C#N)cc1NC(=O)OCc1ccccc1. The molecule has 0 bridgehead atoms. The van der Waals surface area contributed by atoms with Gasteiger partial charge in [0.25, 0.3) is 0 Å². The number of ether oxygens (including phenoxy) is 2. The highest BCUT2D eigenvalue weighted by atomic mass is 16.5. The van der Waals surface area contributed by atoms with E-state index < -0.39 is 6.09 Å². The number of nitrogens with zero attached hydrogens (tertiary/aromatic N) is 1. The lowest BCUT2D eigenvalue weighted by Gasteiger charge is -2.12. The van der Waals surface area contributed by atoms with Crippen LogP contribution in [0.15, 0.2) is 48.5 Å². The highest BCUT2D eigenvalue weighted by molar-refractivity contribution is 5.87. The zero-order valence-electron chi connectivity index (χ0n) is 12.2. The van der Waals surface area contributed by atoms with E-state index in [9.17, 15) is 4.79 Å². The molecular formula is C17H16N2O3. The van der Waals surface area contributed by atoms with Crippen molar-refractivity contribution in [3.8, 4) is 11.8 Å². The Labute approximate surface area is 129 Å². The number of hydrogen-bond acceptors (Lipinski definition) is 4. The molecule has 0 atom stereocenters. The van der Waals surface area contributed by atoms with Crippen molar-refractivity contribution in [3.63, 3.8) is 0 Å². The molecule has 1 amide bonds. The van der Waals surface area contributed by atoms with Crippen LogP contribution in [-0.2, 0) is 11.3 Å². The Morgan fingerprint density at radius 3 is 2.68 bits per heavy atom. The van der Waals surface area contributed by atoms with E-state index in [2.05, 4.69) is 5.32 Å². The van der Waals surface area contributed by atoms with E-state index in [4.69, 9.17) is 14.7 Å². The number of carbonyl (C=O) groups excluding carboxylic acids is 1. The van der Waals surface area contributed by atoms with Crippen LogP contribution in [-0.4, -0.2) is 12.7 Å². The standard InChI is InChI=1S/C17H16N2O3/c1-2-21-16-9-8-14(11-18)10-15(16)19-17(20)22-12-13-6-4-3-5-7-13/h3-10H,2,12H2,1H3,(H,19,20). The fraction of sp³-hybridized carbons (Fsp3) is 0.176. The lowest BCUT2D eigenvalue weighted by atomic mass is 10.2. The highest BCUT2D eigenvalue weighted by Gasteiger charge is 2.10. The quantitative estimate of drug-likeness (QED) is 0.913. The first-order valence-corrected chi connectivity index (χ1v) is 6.87. The van der Waals surface area contributed by atoms with Crippen molar-refractivity contribution in [1.82, 2.24) is 0 Å². The summed E-state index contributed by atoms with van der Waals surface area (Å²) in [6, 6.07) is 16.2. The van der Waals surface area contributed by atoms with Crippen molar-refractivity contribution in [1.29, 1.82) is 5.26 Å². The van der Waals surface area contributed by atoms with E-state index in [-0.39, 0.29) is 6.61 Å². The summed E-state index contributed by atoms with van der Waals surface area (Å²) in [5.74, 6) is 0.498. The maximum absolute atomic E-state index is 11.9. The van der Waals surface area contributed by atoms with E-state index in [0.29, 0.717) is 23.6 Å². The minimum absolute atomic E-state index is 0.175. The normalized spacial score (nSPS) is 9.64. The lowest BCUT2D eigenvalue weighted by Crippen LogP contribution is -2.14. The maximum atomic E-state index is 11.9. The third-order valence-corrected chi connectivity index (χ3v) is 2.86. The van der Waals surface area contributed by atoms with Gasteiger partial charge in [0.05, 0.1) is 23.9 Å². The second kappa shape index (κ2) is 7.70. The summed E-state index contributed by atoms with van der Waals surface area (Å²) >= 11 is 0. The highest BCUT2D eigenvalue weighted by Crippen LogP contribution is 2.26. The molecule has 0 spiro atoms. The molecule has 2 rings (SSSR count). The van der Waals surface area contributed by atoms with Gasteiger partial charge in [-0.2, -0.15) is 5.26 Å². The summed E-state index contributed by atoms with van der Waals surface area (Å²) in [4.78, 5) is 11.9. The molecule has 112 valence electrons. The van der Waals surface area contributed by atoms with Crippen molar-refractivity contribution >= 4 is 11.8 Å². The van der Waals surface area contributed by atoms with E-state index in [0.717, 1.165) is 5.56 Å². The maximum Gasteiger partial charge on any atom is 0.412 e. The van der Waals surface area contributed by atoms with Gasteiger partial charge in [0.2, 0.25) is 0 Å². The van der Waals surface area contributed by atoms with Gasteiger partial charge in [0.1, 0.15) is 12.4 Å². The van der Waals surface area contributed by atoms with E-state index in [1.165, 1.54) is 0 Å². The van der Waals surface area contributed by atoms with Crippen LogP contribution >= 0.6 is 0 Å². The Hall–Kier alpha value is -3.00. The number of carbonyl (C=O) groups is 1. The molecule has 0 saturated heterocycles. The summed E-state index contributed by atoms with van der Waals surface area (Å²) in [5.41, 5.74) is 1.74. The molecule has 0 heterocycles. The van der Waals surface area contributed by atoms with Crippen LogP contribution in [0.1, 0.15) is 18.1 Å². The van der Waals surface area contributed by atoms with Gasteiger partial charge in [-0.1, -0.05) is 30.3 Å². The Balaban J connectivity index is 2.02. The molecule has 0 aliphatic carbocycles. The fourth-order valence-corrected chi connectivity index (χ4v) is 1.85. The Morgan fingerprint density at radius 2 is 2.00 bits per heavy atom. The molecule has 2 aromatic rings. The number of rotatable bonds is 5. The molecule has 5 nitrogen and oxygen atoms in total. The third-order valence-electron chi connectivity index (χ3n) is 2.86. The predicted octanol–water partition coefficient (Wildman–Crippen LogP) is 3.71. The molecule has 0 fully saturated rings. The number of benzene rings is 2. The largest absolute Gasteiger partial charge is 0.492 e. The summed E-state index contributed by atoms with van der Waals surface area (Å²) in [6.45, 7) is 2.48. The number of hydrogen-bond donors (Lipinski definition) is 1. The number of anilines is 1. The smallest absolute Gasteiger partial charge is 0.412 e. The molecule has 5 heteroatoms. The Kier molecular flexibility index (Phi) is 5.38. The summed E-state index contributed by atoms with van der Waals surface area (Å²) in [6.07, 6.45) is -0.597. The fourth-order valence-electron chi connectivity index (χ4n) is 1.85. The average Bonchev–Trinajstić information content (AvgIpc) is 2.55. The number of amides is 1. The number of nitriles is 1. The minimum Gasteiger partial charge on any atom is -0.492 e. The average molecular weight is 296 g/mol. The zero-order valence-corrected chi connectivity index (χ0v) is 12.2. The summed E-state index contributed by atoms with van der Waals surface area (Å²) in [5, 5.41) is 11.5. The Morgan fingerprint density at radius 1 is 1.23 bits per heavy atom. The zero-order chi connectivity index (χ0) is 15.8. The molecule has 0 aliphatic heterocycles. The van der Waals surface area contributed by atoms with Crippen LogP contribution in [0.3, 0.4) is 0 Å². The van der Waals surface area contributed by atoms with Crippen molar-refractivity contribution in [2.24, 2.45) is 0 Å². The first-order chi connectivity index (χ1) is 10.7. The molecule has 22 heavy (non-hydrogen) atoms. The topological polar surface area (TPSA) is 71.3 Å². The van der Waals surface area contributed by atoms with Gasteiger partial charge in [-0.05, 0) is 30.7 Å². The monoisotopic (exact) mass is 296 g/mol. The second-order valence-electron chi connectivity index (χ2n) is 4.44. The molecule has 0 radical (unpaired) electrons. The van der Waals surface area contributed by atoms with Gasteiger partial charge >= 0.3 is 6.09 Å². The summed E-state index contributed by atoms with van der Waals surface area (Å²) in [7, 11) is 0. The van der Waals surface area contributed by atoms with Gasteiger partial charge < -0.3 is 9.47 Å². The van der Waals surface area contributed by atoms with Gasteiger partial charge in [-0.3, -0.25) is 5.32 Å². The molecular weight excluding hydrogens is 280 g/mol. The van der Waals surface area contributed by atoms with Crippen molar-refractivity contribution < 1.29 is 14.3 Å². The molecule has 2 aromatic carbocycles. The van der Waals surface area contributed by atoms with Gasteiger partial charge in [-0.25, -0.2) is 4.79 Å². The van der Waals surface area contributed by atoms with E-state index in [1.54, 1.807) is 18.2 Å². The third kappa shape index (κ3) is 4.25. The van der Waals surface area contributed by atoms with Crippen LogP contribution in [0.2, 0.25) is 0 Å². The molecule has 0 aromatic heterocycles. The van der Waals surface area contributed by atoms with E-state index >= 15 is 0 Å². The van der Waals surface area contributed by atoms with Gasteiger partial charge in [0.15, 0.2) is 0 Å². The lowest BCUT2D eigenvalue weighted by molar-refractivity contribution is 0.155. The number of nitrogens with one attached hydrogen (secondary N) is 1. The first kappa shape index (κ1) is 15.4. The van der Waals surface area contributed by atoms with Crippen molar-refractivity contribution in [2.45, 2.75) is 13.5 Å². The Bertz CT molecular complexity index is 678. The van der Waals surface area contributed by atoms with Crippen LogP contribution in [0.4, 0.5) is 10.5 Å². The van der Waals surface area contributed by atoms with Crippen LogP contribution in [0.25, 0.3) is 0 Å². The van der Waals surface area contributed by atoms with E-state index in [1.807, 2.05) is 43.3 Å². The minimum atomic E-state index is -0.597. The van der Waals surface area contributed by atoms with Crippen molar-refractivity contribution in [3.05, 3.63) is 59.7 Å². The van der Waals surface area contributed by atoms with Gasteiger partial charge in [-0.15, -0.1) is 0 Å². The predicted molar refractivity (Wildman–Crippen MR) is 82.6 cm³/mol. The van der Waals surface area contributed by atoms with Crippen LogP contribution < -0.4 is 10.1 Å². The van der Waals surface area contributed by atoms with Crippen molar-refractivity contribution in [2.75, 3.05) is 11.9 Å². The molecule has 0 saturated carbocycles. The molecule has 0 aliphatic rings. The molecule has 1 N–H and O–H groups in total. The second-order valence-corrected chi connectivity index (χ2v) is 4.44. The van der Waals surface area contributed by atoms with Gasteiger partial charge in [0, 0.05) is 0 Å². The summed E-state index contributed by atoms with van der Waals surface area (Å²) < 4.78 is 10.6. The van der Waals surface area contributed by atoms with Crippen LogP contribution in [0, 0.1) is 11.3 Å². The van der Waals surface area contributed by atoms with Crippen LogP contribution in [0.5, 0.6) is 5.75 Å². The molecule has 0 unspecified atom stereocenters.